The lowest BCUT2D eigenvalue weighted by molar-refractivity contribution is -0.126. The van der Waals surface area contributed by atoms with E-state index in [2.05, 4.69) is 4.72 Å². The zero-order valence-electron chi connectivity index (χ0n) is 22.9. The molecule has 40 heavy (non-hydrogen) atoms. The highest BCUT2D eigenvalue weighted by molar-refractivity contribution is 7.90. The molecule has 0 saturated carbocycles. The van der Waals surface area contributed by atoms with Gasteiger partial charge >= 0.3 is 0 Å². The summed E-state index contributed by atoms with van der Waals surface area (Å²) in [7, 11) is -3.99. The first-order chi connectivity index (χ1) is 19.3. The van der Waals surface area contributed by atoms with Gasteiger partial charge in [0.25, 0.3) is 15.9 Å². The molecule has 0 aliphatic rings. The highest BCUT2D eigenvalue weighted by Gasteiger charge is 2.26. The van der Waals surface area contributed by atoms with Crippen LogP contribution in [-0.4, -0.2) is 43.2 Å². The minimum Gasteiger partial charge on any atom is -0.348 e. The molecule has 0 spiro atoms. The first kappa shape index (κ1) is 28.9. The summed E-state index contributed by atoms with van der Waals surface area (Å²) < 4.78 is 33.3. The van der Waals surface area contributed by atoms with Crippen molar-refractivity contribution in [3.05, 3.63) is 97.2 Å². The number of rotatable bonds is 12. The molecule has 0 radical (unpaired) electrons. The molecule has 9 heteroatoms. The molecule has 1 N–H and O–H groups in total. The van der Waals surface area contributed by atoms with E-state index in [1.165, 1.54) is 12.1 Å². The highest BCUT2D eigenvalue weighted by Crippen LogP contribution is 2.32. The summed E-state index contributed by atoms with van der Waals surface area (Å²) in [6.07, 6.45) is 2.56. The van der Waals surface area contributed by atoms with Crippen LogP contribution < -0.4 is 9.62 Å². The number of hydrogen-bond acceptors (Lipinski definition) is 7. The molecule has 1 aromatic heterocycles. The summed E-state index contributed by atoms with van der Waals surface area (Å²) in [5, 5.41) is 0. The number of benzene rings is 3. The number of nitrogens with zero attached hydrogens (tertiary/aromatic N) is 3. The Balaban J connectivity index is 1.62. The topological polar surface area (TPSA) is 101 Å². The average Bonchev–Trinajstić information content (AvgIpc) is 2.97. The summed E-state index contributed by atoms with van der Waals surface area (Å²) in [4.78, 5) is 24.5. The molecule has 8 nitrogen and oxygen atoms in total. The summed E-state index contributed by atoms with van der Waals surface area (Å²) in [6.45, 7) is 5.62. The van der Waals surface area contributed by atoms with Gasteiger partial charge in [-0.25, -0.2) is 18.1 Å². The van der Waals surface area contributed by atoms with Crippen molar-refractivity contribution >= 4 is 21.7 Å². The molecular formula is C31H34N4O4S. The molecule has 0 fully saturated rings. The van der Waals surface area contributed by atoms with Crippen molar-refractivity contribution < 1.29 is 17.9 Å². The zero-order chi connectivity index (χ0) is 28.5. The minimum absolute atomic E-state index is 0.0134. The Hall–Kier alpha value is -4.08. The van der Waals surface area contributed by atoms with Crippen LogP contribution in [0.25, 0.3) is 22.5 Å². The molecule has 1 unspecified atom stereocenters. The monoisotopic (exact) mass is 558 g/mol. The van der Waals surface area contributed by atoms with E-state index in [9.17, 15) is 13.2 Å². The maximum absolute atomic E-state index is 12.6. The standard InChI is InChI=1S/C31H34N4O4S/c1-4-14-29(39-22-28(36)34-40(37,38)26-19-12-7-13-20-26)35(23(2)3)27-21-32-30(24-15-8-5-9-16-24)31(33-27)25-17-10-6-11-18-25/h5-13,15-21,23,29H,4,14,22H2,1-3H3,(H,34,36). The van der Waals surface area contributed by atoms with Crippen LogP contribution in [0.4, 0.5) is 5.82 Å². The second-order valence-electron chi connectivity index (χ2n) is 9.55. The summed E-state index contributed by atoms with van der Waals surface area (Å²) >= 11 is 0. The van der Waals surface area contributed by atoms with Gasteiger partial charge in [0, 0.05) is 17.2 Å². The summed E-state index contributed by atoms with van der Waals surface area (Å²) in [5.74, 6) is -0.145. The Morgan fingerprint density at radius 2 is 1.43 bits per heavy atom. The van der Waals surface area contributed by atoms with E-state index in [1.54, 1.807) is 24.4 Å². The van der Waals surface area contributed by atoms with E-state index in [0.717, 1.165) is 28.9 Å². The van der Waals surface area contributed by atoms with Gasteiger partial charge in [-0.2, -0.15) is 0 Å². The number of ether oxygens (including phenoxy) is 1. The van der Waals surface area contributed by atoms with Crippen LogP contribution in [0.5, 0.6) is 0 Å². The van der Waals surface area contributed by atoms with Crippen molar-refractivity contribution in [2.45, 2.75) is 50.8 Å². The summed E-state index contributed by atoms with van der Waals surface area (Å²) in [5.41, 5.74) is 3.38. The number of sulfonamides is 1. The molecule has 0 bridgehead atoms. The lowest BCUT2D eigenvalue weighted by atomic mass is 10.0. The van der Waals surface area contributed by atoms with Crippen LogP contribution in [0.3, 0.4) is 0 Å². The van der Waals surface area contributed by atoms with E-state index < -0.39 is 28.8 Å². The van der Waals surface area contributed by atoms with Crippen LogP contribution in [0.2, 0.25) is 0 Å². The van der Waals surface area contributed by atoms with E-state index in [4.69, 9.17) is 14.7 Å². The van der Waals surface area contributed by atoms with Crippen molar-refractivity contribution in [1.29, 1.82) is 0 Å². The van der Waals surface area contributed by atoms with Crippen molar-refractivity contribution in [1.82, 2.24) is 14.7 Å². The molecule has 1 amide bonds. The number of carbonyl (C=O) groups excluding carboxylic acids is 1. The molecule has 0 aliphatic carbocycles. The van der Waals surface area contributed by atoms with Crippen molar-refractivity contribution in [2.75, 3.05) is 11.5 Å². The van der Waals surface area contributed by atoms with E-state index in [-0.39, 0.29) is 10.9 Å². The fraction of sp³-hybridized carbons (Fsp3) is 0.258. The van der Waals surface area contributed by atoms with E-state index >= 15 is 0 Å². The Bertz CT molecular complexity index is 1500. The third kappa shape index (κ3) is 7.11. The van der Waals surface area contributed by atoms with Crippen LogP contribution >= 0.6 is 0 Å². The molecule has 0 saturated heterocycles. The van der Waals surface area contributed by atoms with Crippen LogP contribution in [0.1, 0.15) is 33.6 Å². The molecule has 1 heterocycles. The van der Waals surface area contributed by atoms with Gasteiger partial charge in [-0.15, -0.1) is 0 Å². The fourth-order valence-corrected chi connectivity index (χ4v) is 5.40. The lowest BCUT2D eigenvalue weighted by Gasteiger charge is -2.35. The van der Waals surface area contributed by atoms with Gasteiger partial charge in [-0.3, -0.25) is 9.78 Å². The predicted octanol–water partition coefficient (Wildman–Crippen LogP) is 5.67. The van der Waals surface area contributed by atoms with Gasteiger partial charge in [0.1, 0.15) is 18.7 Å². The third-order valence-electron chi connectivity index (χ3n) is 6.23. The molecular weight excluding hydrogens is 524 g/mol. The predicted molar refractivity (Wildman–Crippen MR) is 157 cm³/mol. The first-order valence-electron chi connectivity index (χ1n) is 13.3. The van der Waals surface area contributed by atoms with Crippen LogP contribution in [0.15, 0.2) is 102 Å². The van der Waals surface area contributed by atoms with E-state index in [0.29, 0.717) is 12.2 Å². The minimum atomic E-state index is -3.99. The first-order valence-corrected chi connectivity index (χ1v) is 14.8. The van der Waals surface area contributed by atoms with Crippen molar-refractivity contribution in [3.8, 4) is 22.5 Å². The molecule has 4 aromatic rings. The Kier molecular flexibility index (Phi) is 9.63. The Morgan fingerprint density at radius 1 is 0.875 bits per heavy atom. The van der Waals surface area contributed by atoms with Crippen LogP contribution in [0, 0.1) is 0 Å². The number of hydrogen-bond donors (Lipinski definition) is 1. The average molecular weight is 559 g/mol. The number of aromatic nitrogens is 2. The lowest BCUT2D eigenvalue weighted by Crippen LogP contribution is -2.45. The largest absolute Gasteiger partial charge is 0.348 e. The quantitative estimate of drug-likeness (QED) is 0.224. The van der Waals surface area contributed by atoms with Gasteiger partial charge in [0.15, 0.2) is 0 Å². The normalized spacial score (nSPS) is 12.2. The SMILES string of the molecule is CCCC(OCC(=O)NS(=O)(=O)c1ccccc1)N(c1cnc(-c2ccccc2)c(-c2ccccc2)n1)C(C)C. The van der Waals surface area contributed by atoms with Crippen molar-refractivity contribution in [3.63, 3.8) is 0 Å². The van der Waals surface area contributed by atoms with Gasteiger partial charge in [-0.05, 0) is 32.4 Å². The Morgan fingerprint density at radius 3 is 1.98 bits per heavy atom. The van der Waals surface area contributed by atoms with Gasteiger partial charge in [0.2, 0.25) is 0 Å². The number of amides is 1. The summed E-state index contributed by atoms with van der Waals surface area (Å²) in [6, 6.07) is 27.5. The smallest absolute Gasteiger partial charge is 0.264 e. The van der Waals surface area contributed by atoms with Gasteiger partial charge < -0.3 is 9.64 Å². The molecule has 1 atom stereocenters. The fourth-order valence-electron chi connectivity index (χ4n) is 4.41. The van der Waals surface area contributed by atoms with Crippen LogP contribution in [-0.2, 0) is 19.6 Å². The zero-order valence-corrected chi connectivity index (χ0v) is 23.7. The maximum Gasteiger partial charge on any atom is 0.264 e. The van der Waals surface area contributed by atoms with Gasteiger partial charge in [-0.1, -0.05) is 92.2 Å². The van der Waals surface area contributed by atoms with E-state index in [1.807, 2.05) is 86.3 Å². The second kappa shape index (κ2) is 13.3. The van der Waals surface area contributed by atoms with Crippen molar-refractivity contribution in [2.24, 2.45) is 0 Å². The number of anilines is 1. The molecule has 208 valence electrons. The molecule has 3 aromatic carbocycles. The second-order valence-corrected chi connectivity index (χ2v) is 11.2. The maximum atomic E-state index is 12.6. The Labute approximate surface area is 236 Å². The third-order valence-corrected chi connectivity index (χ3v) is 7.62. The highest BCUT2D eigenvalue weighted by atomic mass is 32.2. The molecule has 0 aliphatic heterocycles. The molecule has 4 rings (SSSR count). The number of carbonyl (C=O) groups is 1. The van der Waals surface area contributed by atoms with Gasteiger partial charge in [0.05, 0.1) is 22.5 Å². The number of nitrogens with one attached hydrogen (secondary N) is 1.